The molecule has 10 nitrogen and oxygen atoms in total. The number of hydrogen-bond acceptors (Lipinski definition) is 6. The minimum atomic E-state index is -1.02. The summed E-state index contributed by atoms with van der Waals surface area (Å²) in [6.45, 7) is 8.14. The van der Waals surface area contributed by atoms with Gasteiger partial charge in [-0.15, -0.1) is 0 Å². The molecule has 40 heavy (non-hydrogen) atoms. The number of aromatic nitrogens is 2. The molecule has 1 aliphatic heterocycles. The van der Waals surface area contributed by atoms with Crippen LogP contribution in [0.25, 0.3) is 10.9 Å². The molecule has 4 rings (SSSR count). The molecule has 3 aromatic rings. The number of unbranched alkanes of at least 4 members (excludes halogenated alkanes) is 1. The monoisotopic (exact) mass is 547 g/mol. The van der Waals surface area contributed by atoms with Gasteiger partial charge in [0, 0.05) is 17.3 Å². The highest BCUT2D eigenvalue weighted by atomic mass is 16.6. The van der Waals surface area contributed by atoms with Crippen LogP contribution in [0.4, 0.5) is 4.79 Å². The molecule has 3 atom stereocenters. The van der Waals surface area contributed by atoms with Gasteiger partial charge in [-0.3, -0.25) is 19.5 Å². The average molecular weight is 548 g/mol. The molecule has 0 aliphatic carbocycles. The Hall–Kier alpha value is -4.21. The number of hydrogen-bond donors (Lipinski definition) is 3. The zero-order valence-electron chi connectivity index (χ0n) is 23.4. The van der Waals surface area contributed by atoms with E-state index >= 15 is 0 Å². The summed E-state index contributed by atoms with van der Waals surface area (Å²) in [6.07, 6.45) is 0.332. The van der Waals surface area contributed by atoms with E-state index in [-0.39, 0.29) is 18.5 Å². The molecule has 1 saturated heterocycles. The Kier molecular flexibility index (Phi) is 8.86. The number of H-pyrrole nitrogens is 1. The molecule has 212 valence electrons. The Morgan fingerprint density at radius 1 is 1.07 bits per heavy atom. The van der Waals surface area contributed by atoms with Gasteiger partial charge < -0.3 is 20.3 Å². The summed E-state index contributed by atoms with van der Waals surface area (Å²) in [5.74, 6) is -1.74. The summed E-state index contributed by atoms with van der Waals surface area (Å²) in [7, 11) is 0. The fourth-order valence-corrected chi connectivity index (χ4v) is 4.97. The van der Waals surface area contributed by atoms with Crippen LogP contribution in [0.15, 0.2) is 54.6 Å². The molecule has 3 N–H and O–H groups in total. The lowest BCUT2D eigenvalue weighted by Crippen LogP contribution is -2.49. The first-order valence-electron chi connectivity index (χ1n) is 13.7. The molecule has 1 aromatic heterocycles. The maximum atomic E-state index is 13.3. The Bertz CT molecular complexity index is 1370. The van der Waals surface area contributed by atoms with Crippen molar-refractivity contribution in [1.29, 1.82) is 0 Å². The zero-order chi connectivity index (χ0) is 28.9. The number of carbonyl (C=O) groups excluding carboxylic acids is 4. The normalized spacial score (nSPS) is 17.7. The fourth-order valence-electron chi connectivity index (χ4n) is 4.97. The Balaban J connectivity index is 1.39. The molecule has 0 saturated carbocycles. The van der Waals surface area contributed by atoms with Crippen molar-refractivity contribution in [2.24, 2.45) is 5.41 Å². The van der Waals surface area contributed by atoms with Crippen LogP contribution in [0.1, 0.15) is 69.1 Å². The molecule has 2 aromatic carbocycles. The van der Waals surface area contributed by atoms with Crippen LogP contribution in [0, 0.1) is 5.41 Å². The molecule has 10 heteroatoms. The summed E-state index contributed by atoms with van der Waals surface area (Å²) in [6, 6.07) is 15.3. The minimum Gasteiger partial charge on any atom is -0.444 e. The number of Topliss-reactive ketones (excluding diaryl/α,β-unsaturated/α-hetero) is 1. The van der Waals surface area contributed by atoms with E-state index in [4.69, 9.17) is 4.74 Å². The number of benzene rings is 2. The highest BCUT2D eigenvalue weighted by molar-refractivity contribution is 6.38. The molecule has 0 spiro atoms. The third-order valence-corrected chi connectivity index (χ3v) is 7.39. The quantitative estimate of drug-likeness (QED) is 0.327. The van der Waals surface area contributed by atoms with Gasteiger partial charge in [0.2, 0.25) is 5.78 Å². The van der Waals surface area contributed by atoms with Crippen molar-refractivity contribution in [1.82, 2.24) is 25.7 Å². The van der Waals surface area contributed by atoms with Crippen LogP contribution in [0.2, 0.25) is 0 Å². The summed E-state index contributed by atoms with van der Waals surface area (Å²) in [5, 5.41) is 13.1. The predicted molar refractivity (Wildman–Crippen MR) is 151 cm³/mol. The van der Waals surface area contributed by atoms with Crippen LogP contribution in [0.3, 0.4) is 0 Å². The standard InChI is InChI=1S/C30H37N5O5/c1-5-6-15-23(26(36)27(37)31-19(2)20-12-8-7-9-13-20)32-29(39)40-24-17-35(18-30(24,3)4)28(38)25-21-14-10-11-16-22(21)33-34-25/h7-14,16,19,23-24H,5-6,15,17-18H2,1-4H3,(H,31,37)(H,32,39)(H,33,34)/t19-,23+,24+/m1/s1. The van der Waals surface area contributed by atoms with Gasteiger partial charge in [-0.2, -0.15) is 5.10 Å². The number of carbonyl (C=O) groups is 4. The predicted octanol–water partition coefficient (Wildman–Crippen LogP) is 4.15. The lowest BCUT2D eigenvalue weighted by Gasteiger charge is -2.26. The van der Waals surface area contributed by atoms with Gasteiger partial charge >= 0.3 is 6.09 Å². The van der Waals surface area contributed by atoms with Gasteiger partial charge in [0.1, 0.15) is 12.1 Å². The minimum absolute atomic E-state index is 0.184. The number of aromatic amines is 1. The van der Waals surface area contributed by atoms with E-state index < -0.39 is 35.3 Å². The maximum absolute atomic E-state index is 13.3. The first-order valence-corrected chi connectivity index (χ1v) is 13.7. The van der Waals surface area contributed by atoms with Crippen LogP contribution in [-0.2, 0) is 14.3 Å². The SMILES string of the molecule is CCCC[C@H](NC(=O)O[C@H]1CN(C(=O)c2n[nH]c3ccccc23)CC1(C)C)C(=O)C(=O)N[C@H](C)c1ccccc1. The zero-order valence-corrected chi connectivity index (χ0v) is 23.4. The van der Waals surface area contributed by atoms with E-state index in [2.05, 4.69) is 20.8 Å². The van der Waals surface area contributed by atoms with Crippen molar-refractivity contribution < 1.29 is 23.9 Å². The second-order valence-corrected chi connectivity index (χ2v) is 11.0. The second kappa shape index (κ2) is 12.3. The van der Waals surface area contributed by atoms with Crippen LogP contribution < -0.4 is 10.6 Å². The molecule has 1 fully saturated rings. The molecular formula is C30H37N5O5. The van der Waals surface area contributed by atoms with Crippen molar-refractivity contribution in [2.75, 3.05) is 13.1 Å². The van der Waals surface area contributed by atoms with Gasteiger partial charge in [0.25, 0.3) is 11.8 Å². The van der Waals surface area contributed by atoms with Gasteiger partial charge in [-0.25, -0.2) is 4.79 Å². The Labute approximate surface area is 233 Å². The summed E-state index contributed by atoms with van der Waals surface area (Å²) >= 11 is 0. The highest BCUT2D eigenvalue weighted by Crippen LogP contribution is 2.33. The van der Waals surface area contributed by atoms with Gasteiger partial charge in [0.05, 0.1) is 18.1 Å². The van der Waals surface area contributed by atoms with Crippen molar-refractivity contribution >= 4 is 34.6 Å². The lowest BCUT2D eigenvalue weighted by atomic mass is 9.90. The highest BCUT2D eigenvalue weighted by Gasteiger charge is 2.45. The molecule has 1 aliphatic rings. The van der Waals surface area contributed by atoms with E-state index in [0.29, 0.717) is 25.1 Å². The average Bonchev–Trinajstić information content (AvgIpc) is 3.50. The summed E-state index contributed by atoms with van der Waals surface area (Å²) in [5.41, 5.74) is 1.41. The van der Waals surface area contributed by atoms with Crippen molar-refractivity contribution in [3.8, 4) is 0 Å². The van der Waals surface area contributed by atoms with Gasteiger partial charge in [-0.1, -0.05) is 82.1 Å². The van der Waals surface area contributed by atoms with Crippen LogP contribution in [-0.4, -0.2) is 64.0 Å². The Morgan fingerprint density at radius 3 is 2.50 bits per heavy atom. The van der Waals surface area contributed by atoms with Crippen molar-refractivity contribution in [3.05, 3.63) is 65.9 Å². The van der Waals surface area contributed by atoms with E-state index in [9.17, 15) is 19.2 Å². The number of nitrogens with zero attached hydrogens (tertiary/aromatic N) is 2. The molecule has 0 bridgehead atoms. The molecule has 0 radical (unpaired) electrons. The van der Waals surface area contributed by atoms with Crippen LogP contribution >= 0.6 is 0 Å². The van der Waals surface area contributed by atoms with Crippen LogP contribution in [0.5, 0.6) is 0 Å². The molecule has 2 heterocycles. The van der Waals surface area contributed by atoms with E-state index in [1.54, 1.807) is 11.8 Å². The number of ether oxygens (including phenoxy) is 1. The number of fused-ring (bicyclic) bond motifs is 1. The topological polar surface area (TPSA) is 133 Å². The number of ketones is 1. The maximum Gasteiger partial charge on any atom is 0.408 e. The molecular weight excluding hydrogens is 510 g/mol. The van der Waals surface area contributed by atoms with Gasteiger partial charge in [-0.05, 0) is 25.0 Å². The molecule has 3 amide bonds. The number of amides is 3. The number of likely N-dealkylation sites (tertiary alicyclic amines) is 1. The number of para-hydroxylation sites is 1. The van der Waals surface area contributed by atoms with Crippen molar-refractivity contribution in [3.63, 3.8) is 0 Å². The number of nitrogens with one attached hydrogen (secondary N) is 3. The number of alkyl carbamates (subject to hydrolysis) is 1. The largest absolute Gasteiger partial charge is 0.444 e. The second-order valence-electron chi connectivity index (χ2n) is 11.0. The smallest absolute Gasteiger partial charge is 0.408 e. The van der Waals surface area contributed by atoms with E-state index in [1.807, 2.05) is 75.4 Å². The summed E-state index contributed by atoms with van der Waals surface area (Å²) in [4.78, 5) is 53.7. The Morgan fingerprint density at radius 2 is 1.77 bits per heavy atom. The first-order chi connectivity index (χ1) is 19.1. The van der Waals surface area contributed by atoms with Gasteiger partial charge in [0.15, 0.2) is 5.69 Å². The fraction of sp³-hybridized carbons (Fsp3) is 0.433. The third-order valence-electron chi connectivity index (χ3n) is 7.39. The number of rotatable bonds is 10. The van der Waals surface area contributed by atoms with Crippen molar-refractivity contribution in [2.45, 2.75) is 65.1 Å². The van der Waals surface area contributed by atoms with E-state index in [1.165, 1.54) is 0 Å². The third kappa shape index (κ3) is 6.50. The van der Waals surface area contributed by atoms with E-state index in [0.717, 1.165) is 22.9 Å². The lowest BCUT2D eigenvalue weighted by molar-refractivity contribution is -0.139. The first kappa shape index (κ1) is 28.8. The summed E-state index contributed by atoms with van der Waals surface area (Å²) < 4.78 is 5.75. The molecule has 0 unspecified atom stereocenters.